The second-order valence-electron chi connectivity index (χ2n) is 6.31. The highest BCUT2D eigenvalue weighted by Gasteiger charge is 2.35. The van der Waals surface area contributed by atoms with E-state index >= 15 is 0 Å². The van der Waals surface area contributed by atoms with E-state index in [0.717, 1.165) is 0 Å². The Kier molecular flexibility index (Phi) is 5.63. The van der Waals surface area contributed by atoms with Gasteiger partial charge in [-0.05, 0) is 13.0 Å². The first kappa shape index (κ1) is 19.1. The van der Waals surface area contributed by atoms with Crippen LogP contribution in [0.25, 0.3) is 0 Å². The van der Waals surface area contributed by atoms with Crippen LogP contribution in [0.15, 0.2) is 17.0 Å². The number of amides is 2. The van der Waals surface area contributed by atoms with E-state index in [-0.39, 0.29) is 56.1 Å². The van der Waals surface area contributed by atoms with Gasteiger partial charge in [0.25, 0.3) is 11.8 Å². The van der Waals surface area contributed by atoms with Gasteiger partial charge in [0.05, 0.1) is 31.8 Å². The fourth-order valence-electron chi connectivity index (χ4n) is 2.72. The molecule has 0 saturated carbocycles. The molecule has 144 valence electrons. The molecular weight excluding hydrogens is 372 g/mol. The number of β-amino-alcohol motifs (C(OH)–C–C–N with tert-alkyl or cyclic N) is 1. The van der Waals surface area contributed by atoms with E-state index in [1.165, 1.54) is 22.3 Å². The summed E-state index contributed by atoms with van der Waals surface area (Å²) in [5.74, 6) is -0.775. The number of nitrogen functional groups attached to an aromatic ring is 1. The van der Waals surface area contributed by atoms with E-state index in [4.69, 9.17) is 10.5 Å². The molecule has 4 N–H and O–H groups in total. The summed E-state index contributed by atoms with van der Waals surface area (Å²) in [6.45, 7) is 2.13. The fraction of sp³-hybridized carbons (Fsp3) is 0.438. The third-order valence-electron chi connectivity index (χ3n) is 3.98. The van der Waals surface area contributed by atoms with Crippen molar-refractivity contribution in [3.8, 4) is 0 Å². The topological polar surface area (TPSA) is 144 Å². The van der Waals surface area contributed by atoms with Gasteiger partial charge in [-0.25, -0.2) is 15.0 Å². The molecule has 1 aliphatic heterocycles. The van der Waals surface area contributed by atoms with Gasteiger partial charge >= 0.3 is 0 Å². The summed E-state index contributed by atoms with van der Waals surface area (Å²) in [6, 6.07) is 1.54. The van der Waals surface area contributed by atoms with Gasteiger partial charge in [-0.3, -0.25) is 9.59 Å². The Morgan fingerprint density at radius 3 is 2.96 bits per heavy atom. The molecule has 3 rings (SSSR count). The number of nitrogens with zero attached hydrogens (tertiary/aromatic N) is 4. The number of ether oxygens (including phenoxy) is 1. The minimum absolute atomic E-state index is 0.00945. The SMILES string of the molecule is Cc1cc(C(=O)N2CCOCC(O)(CNC(=O)c3cscn3)C2)nc(N)n1. The smallest absolute Gasteiger partial charge is 0.272 e. The zero-order chi connectivity index (χ0) is 19.4. The van der Waals surface area contributed by atoms with Crippen LogP contribution in [-0.2, 0) is 4.74 Å². The zero-order valence-electron chi connectivity index (χ0n) is 14.7. The number of aryl methyl sites for hydroxylation is 1. The summed E-state index contributed by atoms with van der Waals surface area (Å²) in [7, 11) is 0. The van der Waals surface area contributed by atoms with Gasteiger partial charge in [0, 0.05) is 17.6 Å². The molecule has 0 aliphatic carbocycles. The first-order valence-electron chi connectivity index (χ1n) is 8.23. The number of hydrogen-bond acceptors (Lipinski definition) is 9. The van der Waals surface area contributed by atoms with Gasteiger partial charge in [0.15, 0.2) is 0 Å². The average Bonchev–Trinajstić information content (AvgIpc) is 3.09. The van der Waals surface area contributed by atoms with E-state index in [9.17, 15) is 14.7 Å². The Hall–Kier alpha value is -2.63. The van der Waals surface area contributed by atoms with E-state index in [1.54, 1.807) is 17.8 Å². The molecule has 10 nitrogen and oxygen atoms in total. The summed E-state index contributed by atoms with van der Waals surface area (Å²) < 4.78 is 5.43. The number of hydrogen-bond donors (Lipinski definition) is 3. The number of anilines is 1. The molecule has 1 saturated heterocycles. The Morgan fingerprint density at radius 1 is 1.44 bits per heavy atom. The highest BCUT2D eigenvalue weighted by Crippen LogP contribution is 2.15. The van der Waals surface area contributed by atoms with Crippen molar-refractivity contribution in [3.63, 3.8) is 0 Å². The van der Waals surface area contributed by atoms with E-state index in [1.807, 2.05) is 0 Å². The summed E-state index contributed by atoms with van der Waals surface area (Å²) in [5, 5.41) is 15.1. The minimum Gasteiger partial charge on any atom is -0.384 e. The van der Waals surface area contributed by atoms with Gasteiger partial charge in [0.1, 0.15) is 17.0 Å². The first-order valence-corrected chi connectivity index (χ1v) is 9.17. The summed E-state index contributed by atoms with van der Waals surface area (Å²) >= 11 is 1.30. The van der Waals surface area contributed by atoms with Crippen molar-refractivity contribution in [2.75, 3.05) is 38.6 Å². The zero-order valence-corrected chi connectivity index (χ0v) is 15.5. The van der Waals surface area contributed by atoms with Crippen molar-refractivity contribution in [2.45, 2.75) is 12.5 Å². The Labute approximate surface area is 159 Å². The van der Waals surface area contributed by atoms with Crippen LogP contribution in [0.1, 0.15) is 26.7 Å². The second-order valence-corrected chi connectivity index (χ2v) is 7.03. The number of carbonyl (C=O) groups excluding carboxylic acids is 2. The van der Waals surface area contributed by atoms with Crippen LogP contribution in [0.4, 0.5) is 5.95 Å². The Balaban J connectivity index is 1.70. The molecule has 1 unspecified atom stereocenters. The molecule has 0 aromatic carbocycles. The highest BCUT2D eigenvalue weighted by molar-refractivity contribution is 7.07. The molecule has 1 aliphatic rings. The summed E-state index contributed by atoms with van der Waals surface area (Å²) in [6.07, 6.45) is 0. The number of aliphatic hydroxyl groups is 1. The van der Waals surface area contributed by atoms with Crippen LogP contribution < -0.4 is 11.1 Å². The third kappa shape index (κ3) is 4.76. The van der Waals surface area contributed by atoms with Crippen molar-refractivity contribution in [1.82, 2.24) is 25.2 Å². The molecule has 0 spiro atoms. The summed E-state index contributed by atoms with van der Waals surface area (Å²) in [4.78, 5) is 38.1. The molecule has 1 fully saturated rings. The number of rotatable bonds is 4. The maximum atomic E-state index is 12.8. The standard InChI is InChI=1S/C16H20N6O4S/c1-10-4-11(21-15(17)20-10)14(24)22-2-3-26-8-16(25,7-22)6-18-13(23)12-5-27-9-19-12/h4-5,9,25H,2-3,6-8H2,1H3,(H,18,23)(H2,17,20,21). The van der Waals surface area contributed by atoms with Gasteiger partial charge in [0.2, 0.25) is 5.95 Å². The molecule has 2 aromatic heterocycles. The average molecular weight is 392 g/mol. The van der Waals surface area contributed by atoms with E-state index in [0.29, 0.717) is 5.69 Å². The Bertz CT molecular complexity index is 810. The summed E-state index contributed by atoms with van der Waals surface area (Å²) in [5.41, 5.74) is 6.73. The van der Waals surface area contributed by atoms with Gasteiger partial charge in [-0.2, -0.15) is 0 Å². The van der Waals surface area contributed by atoms with E-state index < -0.39 is 11.5 Å². The quantitative estimate of drug-likeness (QED) is 0.629. The lowest BCUT2D eigenvalue weighted by atomic mass is 10.0. The highest BCUT2D eigenvalue weighted by atomic mass is 32.1. The van der Waals surface area contributed by atoms with Crippen LogP contribution in [-0.4, -0.2) is 75.2 Å². The number of aromatic nitrogens is 3. The number of thiazole rings is 1. The lowest BCUT2D eigenvalue weighted by Crippen LogP contribution is -2.53. The van der Waals surface area contributed by atoms with Crippen molar-refractivity contribution < 1.29 is 19.4 Å². The van der Waals surface area contributed by atoms with Crippen LogP contribution >= 0.6 is 11.3 Å². The van der Waals surface area contributed by atoms with Gasteiger partial charge in [-0.1, -0.05) is 0 Å². The Morgan fingerprint density at radius 2 is 2.26 bits per heavy atom. The van der Waals surface area contributed by atoms with Crippen molar-refractivity contribution in [2.24, 2.45) is 0 Å². The van der Waals surface area contributed by atoms with Crippen LogP contribution in [0, 0.1) is 6.92 Å². The molecule has 2 aromatic rings. The molecule has 11 heteroatoms. The van der Waals surface area contributed by atoms with E-state index in [2.05, 4.69) is 20.3 Å². The van der Waals surface area contributed by atoms with Crippen LogP contribution in [0.3, 0.4) is 0 Å². The fourth-order valence-corrected chi connectivity index (χ4v) is 3.25. The van der Waals surface area contributed by atoms with Crippen molar-refractivity contribution in [1.29, 1.82) is 0 Å². The number of nitrogens with one attached hydrogen (secondary N) is 1. The van der Waals surface area contributed by atoms with Crippen molar-refractivity contribution >= 4 is 29.1 Å². The molecule has 3 heterocycles. The van der Waals surface area contributed by atoms with Crippen LogP contribution in [0.5, 0.6) is 0 Å². The second kappa shape index (κ2) is 7.94. The number of nitrogens with two attached hydrogens (primary N) is 1. The minimum atomic E-state index is -1.44. The maximum Gasteiger partial charge on any atom is 0.272 e. The predicted octanol–water partition coefficient (Wildman–Crippen LogP) is -0.543. The third-order valence-corrected chi connectivity index (χ3v) is 4.57. The number of carbonyl (C=O) groups is 2. The molecule has 1 atom stereocenters. The predicted molar refractivity (Wildman–Crippen MR) is 97.3 cm³/mol. The first-order chi connectivity index (χ1) is 12.9. The maximum absolute atomic E-state index is 12.8. The van der Waals surface area contributed by atoms with Crippen LogP contribution in [0.2, 0.25) is 0 Å². The van der Waals surface area contributed by atoms with Gasteiger partial charge < -0.3 is 25.8 Å². The molecule has 2 amide bonds. The molecule has 0 bridgehead atoms. The monoisotopic (exact) mass is 392 g/mol. The van der Waals surface area contributed by atoms with Gasteiger partial charge in [-0.15, -0.1) is 11.3 Å². The lowest BCUT2D eigenvalue weighted by Gasteiger charge is -2.30. The normalized spacial score (nSPS) is 20.1. The molecule has 27 heavy (non-hydrogen) atoms. The molecular formula is C16H20N6O4S. The van der Waals surface area contributed by atoms with Crippen molar-refractivity contribution in [3.05, 3.63) is 34.0 Å². The largest absolute Gasteiger partial charge is 0.384 e. The lowest BCUT2D eigenvalue weighted by molar-refractivity contribution is -0.0324. The molecule has 0 radical (unpaired) electrons.